The van der Waals surface area contributed by atoms with Crippen molar-refractivity contribution in [2.75, 3.05) is 5.73 Å². The van der Waals surface area contributed by atoms with E-state index in [-0.39, 0.29) is 0 Å². The van der Waals surface area contributed by atoms with Crippen LogP contribution in [0.3, 0.4) is 0 Å². The van der Waals surface area contributed by atoms with E-state index in [4.69, 9.17) is 5.73 Å². The van der Waals surface area contributed by atoms with E-state index in [9.17, 15) is 0 Å². The molecule has 0 aliphatic rings. The molecule has 0 bridgehead atoms. The number of hydrogen-bond donors (Lipinski definition) is 2. The molecule has 0 unspecified atom stereocenters. The van der Waals surface area contributed by atoms with E-state index in [1.54, 1.807) is 0 Å². The molecule has 0 aliphatic heterocycles. The van der Waals surface area contributed by atoms with Crippen molar-refractivity contribution in [3.05, 3.63) is 42.5 Å². The highest BCUT2D eigenvalue weighted by molar-refractivity contribution is 6.07. The minimum absolute atomic E-state index is 0.719. The first-order valence-corrected chi connectivity index (χ1v) is 4.60. The van der Waals surface area contributed by atoms with Crippen molar-refractivity contribution in [2.45, 2.75) is 0 Å². The predicted molar refractivity (Wildman–Crippen MR) is 60.2 cm³/mol. The normalized spacial score (nSPS) is 11.1. The first kappa shape index (κ1) is 7.44. The Morgan fingerprint density at radius 1 is 0.929 bits per heavy atom. The summed E-state index contributed by atoms with van der Waals surface area (Å²) in [4.78, 5) is 3.13. The first-order chi connectivity index (χ1) is 6.84. The number of rotatable bonds is 0. The Kier molecular flexibility index (Phi) is 1.34. The summed E-state index contributed by atoms with van der Waals surface area (Å²) in [6.07, 6.45) is 0. The molecule has 3 rings (SSSR count). The lowest BCUT2D eigenvalue weighted by Crippen LogP contribution is -1.80. The van der Waals surface area contributed by atoms with Crippen LogP contribution >= 0.6 is 0 Å². The summed E-state index contributed by atoms with van der Waals surface area (Å²) < 4.78 is 0. The second-order valence-electron chi connectivity index (χ2n) is 3.47. The van der Waals surface area contributed by atoms with Gasteiger partial charge in [0.2, 0.25) is 0 Å². The van der Waals surface area contributed by atoms with Gasteiger partial charge in [0.05, 0.1) is 0 Å². The third-order valence-electron chi connectivity index (χ3n) is 2.55. The van der Waals surface area contributed by atoms with Crippen molar-refractivity contribution in [1.29, 1.82) is 0 Å². The zero-order chi connectivity index (χ0) is 9.54. The number of nitrogen functional groups attached to an aromatic ring is 1. The fraction of sp³-hybridized carbons (Fsp3) is 0. The number of fused-ring (bicyclic) bond motifs is 3. The zero-order valence-electron chi connectivity index (χ0n) is 7.62. The van der Waals surface area contributed by atoms with Gasteiger partial charge in [0, 0.05) is 10.9 Å². The van der Waals surface area contributed by atoms with Gasteiger partial charge in [-0.3, -0.25) is 0 Å². The van der Waals surface area contributed by atoms with E-state index >= 15 is 0 Å². The summed E-state index contributed by atoms with van der Waals surface area (Å²) in [6.45, 7) is 0. The standard InChI is InChI=1S/C12H10N2/c13-12-7-10-9-4-2-1-3-8(9)5-6-11(10)14-12/h1-7,14H,13H2. The molecule has 14 heavy (non-hydrogen) atoms. The number of hydrogen-bond acceptors (Lipinski definition) is 1. The number of benzene rings is 2. The molecular formula is C12H10N2. The van der Waals surface area contributed by atoms with E-state index in [0.29, 0.717) is 0 Å². The molecule has 68 valence electrons. The van der Waals surface area contributed by atoms with E-state index < -0.39 is 0 Å². The quantitative estimate of drug-likeness (QED) is 0.551. The zero-order valence-corrected chi connectivity index (χ0v) is 7.62. The Hall–Kier alpha value is -1.96. The smallest absolute Gasteiger partial charge is 0.101 e. The molecule has 1 heterocycles. The summed E-state index contributed by atoms with van der Waals surface area (Å²) in [5.74, 6) is 0.719. The highest BCUT2D eigenvalue weighted by atomic mass is 14.8. The maximum absolute atomic E-state index is 5.73. The van der Waals surface area contributed by atoms with E-state index in [1.165, 1.54) is 16.2 Å². The molecule has 0 atom stereocenters. The first-order valence-electron chi connectivity index (χ1n) is 4.60. The van der Waals surface area contributed by atoms with E-state index in [0.717, 1.165) is 11.3 Å². The van der Waals surface area contributed by atoms with Gasteiger partial charge in [0.15, 0.2) is 0 Å². The average Bonchev–Trinajstić information content (AvgIpc) is 2.59. The monoisotopic (exact) mass is 182 g/mol. The molecule has 2 aromatic carbocycles. The van der Waals surface area contributed by atoms with Gasteiger partial charge in [0.25, 0.3) is 0 Å². The molecule has 2 nitrogen and oxygen atoms in total. The van der Waals surface area contributed by atoms with Crippen LogP contribution in [-0.2, 0) is 0 Å². The predicted octanol–water partition coefficient (Wildman–Crippen LogP) is 2.90. The van der Waals surface area contributed by atoms with Gasteiger partial charge >= 0.3 is 0 Å². The number of nitrogens with one attached hydrogen (secondary N) is 1. The molecule has 0 aliphatic carbocycles. The van der Waals surface area contributed by atoms with E-state index in [2.05, 4.69) is 29.2 Å². The van der Waals surface area contributed by atoms with Gasteiger partial charge in [0.1, 0.15) is 5.82 Å². The number of anilines is 1. The van der Waals surface area contributed by atoms with Gasteiger partial charge in [-0.2, -0.15) is 0 Å². The molecule has 0 fully saturated rings. The number of H-pyrrole nitrogens is 1. The van der Waals surface area contributed by atoms with Crippen LogP contribution in [-0.4, -0.2) is 4.98 Å². The fourth-order valence-electron chi connectivity index (χ4n) is 1.91. The van der Waals surface area contributed by atoms with Gasteiger partial charge in [-0.1, -0.05) is 30.3 Å². The SMILES string of the molecule is Nc1cc2c(ccc3ccccc32)[nH]1. The third-order valence-corrected chi connectivity index (χ3v) is 2.55. The Morgan fingerprint density at radius 2 is 1.79 bits per heavy atom. The fourth-order valence-corrected chi connectivity index (χ4v) is 1.91. The Balaban J connectivity index is 2.60. The molecule has 0 radical (unpaired) electrons. The largest absolute Gasteiger partial charge is 0.385 e. The maximum Gasteiger partial charge on any atom is 0.101 e. The Bertz CT molecular complexity index is 608. The lowest BCUT2D eigenvalue weighted by atomic mass is 10.1. The van der Waals surface area contributed by atoms with E-state index in [1.807, 2.05) is 18.2 Å². The Morgan fingerprint density at radius 3 is 2.71 bits per heavy atom. The molecule has 1 aromatic heterocycles. The lowest BCUT2D eigenvalue weighted by Gasteiger charge is -1.97. The minimum atomic E-state index is 0.719. The van der Waals surface area contributed by atoms with Crippen LogP contribution in [0.25, 0.3) is 21.7 Å². The number of nitrogens with two attached hydrogens (primary N) is 1. The lowest BCUT2D eigenvalue weighted by molar-refractivity contribution is 1.48. The molecule has 0 spiro atoms. The van der Waals surface area contributed by atoms with Gasteiger partial charge in [-0.25, -0.2) is 0 Å². The minimum Gasteiger partial charge on any atom is -0.385 e. The van der Waals surface area contributed by atoms with Gasteiger partial charge < -0.3 is 10.7 Å². The molecular weight excluding hydrogens is 172 g/mol. The molecule has 3 N–H and O–H groups in total. The van der Waals surface area contributed by atoms with Crippen molar-refractivity contribution in [3.63, 3.8) is 0 Å². The second kappa shape index (κ2) is 2.51. The van der Waals surface area contributed by atoms with Gasteiger partial charge in [-0.05, 0) is 22.9 Å². The molecule has 3 aromatic rings. The van der Waals surface area contributed by atoms with Crippen molar-refractivity contribution in [1.82, 2.24) is 4.98 Å². The highest BCUT2D eigenvalue weighted by Gasteiger charge is 2.01. The Labute approximate surface area is 81.3 Å². The van der Waals surface area contributed by atoms with Crippen LogP contribution in [0.15, 0.2) is 42.5 Å². The molecule has 0 saturated carbocycles. The van der Waals surface area contributed by atoms with Crippen LogP contribution in [0.2, 0.25) is 0 Å². The molecule has 2 heteroatoms. The molecule has 0 amide bonds. The highest BCUT2D eigenvalue weighted by Crippen LogP contribution is 2.26. The third kappa shape index (κ3) is 0.909. The number of aromatic amines is 1. The molecule has 0 saturated heterocycles. The summed E-state index contributed by atoms with van der Waals surface area (Å²) in [5, 5.41) is 3.69. The van der Waals surface area contributed by atoms with Crippen molar-refractivity contribution in [2.24, 2.45) is 0 Å². The average molecular weight is 182 g/mol. The summed E-state index contributed by atoms with van der Waals surface area (Å²) in [5.41, 5.74) is 6.82. The second-order valence-corrected chi connectivity index (χ2v) is 3.47. The van der Waals surface area contributed by atoms with Crippen LogP contribution in [0.5, 0.6) is 0 Å². The van der Waals surface area contributed by atoms with Crippen LogP contribution in [0.4, 0.5) is 5.82 Å². The maximum atomic E-state index is 5.73. The number of aromatic nitrogens is 1. The van der Waals surface area contributed by atoms with Crippen LogP contribution < -0.4 is 5.73 Å². The van der Waals surface area contributed by atoms with Crippen molar-refractivity contribution >= 4 is 27.5 Å². The summed E-state index contributed by atoms with van der Waals surface area (Å²) >= 11 is 0. The van der Waals surface area contributed by atoms with Crippen LogP contribution in [0, 0.1) is 0 Å². The topological polar surface area (TPSA) is 41.8 Å². The van der Waals surface area contributed by atoms with Gasteiger partial charge in [-0.15, -0.1) is 0 Å². The summed E-state index contributed by atoms with van der Waals surface area (Å²) in [7, 11) is 0. The summed E-state index contributed by atoms with van der Waals surface area (Å²) in [6, 6.07) is 14.5. The van der Waals surface area contributed by atoms with Crippen molar-refractivity contribution in [3.8, 4) is 0 Å². The van der Waals surface area contributed by atoms with Crippen LogP contribution in [0.1, 0.15) is 0 Å². The van der Waals surface area contributed by atoms with Crippen molar-refractivity contribution < 1.29 is 0 Å².